The van der Waals surface area contributed by atoms with Gasteiger partial charge >= 0.3 is 0 Å². The van der Waals surface area contributed by atoms with Crippen molar-refractivity contribution in [2.45, 2.75) is 5.92 Å². The number of alkyl halides is 1. The first-order chi connectivity index (χ1) is 6.20. The van der Waals surface area contributed by atoms with Crippen LogP contribution >= 0.6 is 11.6 Å². The van der Waals surface area contributed by atoms with Crippen molar-refractivity contribution in [2.75, 3.05) is 13.8 Å². The highest BCUT2D eigenvalue weighted by Crippen LogP contribution is 2.33. The van der Waals surface area contributed by atoms with Crippen LogP contribution in [0.4, 0.5) is 4.39 Å². The molecule has 71 valence electrons. The lowest BCUT2D eigenvalue weighted by molar-refractivity contribution is 0.398. The van der Waals surface area contributed by atoms with Crippen LogP contribution in [0.15, 0.2) is 18.2 Å². The first kappa shape index (κ1) is 10.3. The van der Waals surface area contributed by atoms with E-state index in [4.69, 9.17) is 16.3 Å². The summed E-state index contributed by atoms with van der Waals surface area (Å²) in [5.41, 5.74) is 0.706. The fourth-order valence-corrected chi connectivity index (χ4v) is 1.40. The monoisotopic (exact) mass is 201 g/mol. The Hall–Kier alpha value is -0.760. The first-order valence-electron chi connectivity index (χ1n) is 3.92. The van der Waals surface area contributed by atoms with Crippen molar-refractivity contribution < 1.29 is 9.13 Å². The lowest BCUT2D eigenvalue weighted by Crippen LogP contribution is -1.99. The Morgan fingerprint density at radius 3 is 2.85 bits per heavy atom. The van der Waals surface area contributed by atoms with Gasteiger partial charge in [-0.3, -0.25) is 4.39 Å². The van der Waals surface area contributed by atoms with Crippen LogP contribution < -0.4 is 4.74 Å². The number of benzene rings is 1. The maximum absolute atomic E-state index is 12.4. The average Bonchev–Trinajstić information content (AvgIpc) is 2.16. The zero-order chi connectivity index (χ0) is 9.84. The number of rotatable bonds is 3. The van der Waals surface area contributed by atoms with Crippen LogP contribution in [-0.2, 0) is 0 Å². The third-order valence-electron chi connectivity index (χ3n) is 1.83. The molecule has 3 heteroatoms. The molecule has 1 unspecified atom stereocenters. The minimum Gasteiger partial charge on any atom is -0.495 e. The molecule has 1 atom stereocenters. The van der Waals surface area contributed by atoms with Crippen molar-refractivity contribution >= 4 is 11.6 Å². The molecule has 0 N–H and O–H groups in total. The maximum atomic E-state index is 12.4. The van der Waals surface area contributed by atoms with E-state index in [1.807, 2.05) is 0 Å². The molecular formula is C10H11ClFO. The molecule has 0 aliphatic rings. The highest BCUT2D eigenvalue weighted by molar-refractivity contribution is 6.32. The zero-order valence-electron chi connectivity index (χ0n) is 7.39. The number of methoxy groups -OCH3 is 1. The van der Waals surface area contributed by atoms with Gasteiger partial charge in [-0.15, -0.1) is 0 Å². The largest absolute Gasteiger partial charge is 0.495 e. The molecule has 0 saturated heterocycles. The van der Waals surface area contributed by atoms with Crippen molar-refractivity contribution in [1.29, 1.82) is 0 Å². The molecule has 0 spiro atoms. The van der Waals surface area contributed by atoms with E-state index < -0.39 is 12.6 Å². The second kappa shape index (κ2) is 4.47. The Bertz CT molecular complexity index is 288. The minimum atomic E-state index is -0.517. The summed E-state index contributed by atoms with van der Waals surface area (Å²) in [6.45, 7) is 3.15. The van der Waals surface area contributed by atoms with E-state index in [-0.39, 0.29) is 0 Å². The fourth-order valence-electron chi connectivity index (χ4n) is 1.15. The molecule has 1 aromatic carbocycles. The van der Waals surface area contributed by atoms with Gasteiger partial charge in [0.05, 0.1) is 18.8 Å². The number of halogens is 2. The molecule has 0 aliphatic carbocycles. The Labute approximate surface area is 82.5 Å². The van der Waals surface area contributed by atoms with Crippen LogP contribution in [0.3, 0.4) is 0 Å². The fraction of sp³-hybridized carbons (Fsp3) is 0.300. The van der Waals surface area contributed by atoms with Crippen molar-refractivity contribution in [3.63, 3.8) is 0 Å². The van der Waals surface area contributed by atoms with E-state index in [0.717, 1.165) is 0 Å². The third kappa shape index (κ3) is 2.13. The predicted molar refractivity (Wildman–Crippen MR) is 52.1 cm³/mol. The molecule has 13 heavy (non-hydrogen) atoms. The third-order valence-corrected chi connectivity index (χ3v) is 2.13. The molecule has 1 nitrogen and oxygen atoms in total. The topological polar surface area (TPSA) is 9.23 Å². The van der Waals surface area contributed by atoms with Gasteiger partial charge in [0.1, 0.15) is 5.75 Å². The summed E-state index contributed by atoms with van der Waals surface area (Å²) in [6, 6.07) is 5.23. The van der Waals surface area contributed by atoms with Crippen molar-refractivity contribution in [1.82, 2.24) is 0 Å². The smallest absolute Gasteiger partial charge is 0.141 e. The van der Waals surface area contributed by atoms with E-state index in [9.17, 15) is 4.39 Å². The summed E-state index contributed by atoms with van der Waals surface area (Å²) in [6.07, 6.45) is 0. The molecule has 1 radical (unpaired) electrons. The molecule has 0 fully saturated rings. The van der Waals surface area contributed by atoms with E-state index in [0.29, 0.717) is 16.3 Å². The number of hydrogen-bond acceptors (Lipinski definition) is 1. The number of ether oxygens (including phenoxy) is 1. The van der Waals surface area contributed by atoms with E-state index >= 15 is 0 Å². The summed E-state index contributed by atoms with van der Waals surface area (Å²) in [4.78, 5) is 0. The molecule has 1 aromatic rings. The van der Waals surface area contributed by atoms with Crippen LogP contribution in [0.25, 0.3) is 0 Å². The van der Waals surface area contributed by atoms with E-state index in [2.05, 4.69) is 6.92 Å². The molecule has 0 saturated carbocycles. The number of hydrogen-bond donors (Lipinski definition) is 0. The highest BCUT2D eigenvalue weighted by atomic mass is 35.5. The maximum Gasteiger partial charge on any atom is 0.141 e. The van der Waals surface area contributed by atoms with Gasteiger partial charge < -0.3 is 4.74 Å². The second-order valence-corrected chi connectivity index (χ2v) is 3.12. The highest BCUT2D eigenvalue weighted by Gasteiger charge is 2.13. The minimum absolute atomic E-state index is 0.423. The van der Waals surface area contributed by atoms with Gasteiger partial charge in [0, 0.05) is 11.5 Å². The SMILES string of the molecule is [CH2]C(CF)c1cccc(Cl)c1OC. The molecule has 0 bridgehead atoms. The summed E-state index contributed by atoms with van der Waals surface area (Å²) >= 11 is 5.86. The lowest BCUT2D eigenvalue weighted by atomic mass is 10.0. The summed E-state index contributed by atoms with van der Waals surface area (Å²) in [5, 5.41) is 0.488. The van der Waals surface area contributed by atoms with Crippen molar-refractivity contribution in [3.05, 3.63) is 35.7 Å². The Balaban J connectivity index is 3.12. The normalized spacial score (nSPS) is 12.6. The quantitative estimate of drug-likeness (QED) is 0.730. The predicted octanol–water partition coefficient (Wildman–Crippen LogP) is 3.24. The Kier molecular flexibility index (Phi) is 3.55. The zero-order valence-corrected chi connectivity index (χ0v) is 8.14. The Morgan fingerprint density at radius 2 is 2.31 bits per heavy atom. The van der Waals surface area contributed by atoms with Crippen LogP contribution in [-0.4, -0.2) is 13.8 Å². The van der Waals surface area contributed by atoms with Crippen molar-refractivity contribution in [2.24, 2.45) is 0 Å². The average molecular weight is 202 g/mol. The number of para-hydroxylation sites is 1. The van der Waals surface area contributed by atoms with Gasteiger partial charge in [0.25, 0.3) is 0 Å². The van der Waals surface area contributed by atoms with E-state index in [1.54, 1.807) is 18.2 Å². The van der Waals surface area contributed by atoms with E-state index in [1.165, 1.54) is 7.11 Å². The van der Waals surface area contributed by atoms with Crippen LogP contribution in [0.2, 0.25) is 5.02 Å². The molecule has 1 rings (SSSR count). The van der Waals surface area contributed by atoms with Crippen LogP contribution in [0.5, 0.6) is 5.75 Å². The first-order valence-corrected chi connectivity index (χ1v) is 4.30. The van der Waals surface area contributed by atoms with Gasteiger partial charge in [-0.2, -0.15) is 0 Å². The van der Waals surface area contributed by atoms with Crippen LogP contribution in [0.1, 0.15) is 11.5 Å². The molecule has 0 heterocycles. The molecule has 0 aromatic heterocycles. The van der Waals surface area contributed by atoms with Crippen molar-refractivity contribution in [3.8, 4) is 5.75 Å². The summed E-state index contributed by atoms with van der Waals surface area (Å²) in [7, 11) is 1.51. The standard InChI is InChI=1S/C10H11ClFO/c1-7(6-12)8-4-3-5-9(11)10(8)13-2/h3-5,7H,1,6H2,2H3. The van der Waals surface area contributed by atoms with Gasteiger partial charge in [-0.1, -0.05) is 23.7 Å². The Morgan fingerprint density at radius 1 is 1.62 bits per heavy atom. The molecule has 0 aliphatic heterocycles. The molecular weight excluding hydrogens is 191 g/mol. The second-order valence-electron chi connectivity index (χ2n) is 2.71. The molecule has 0 amide bonds. The summed E-state index contributed by atoms with van der Waals surface area (Å²) < 4.78 is 17.4. The van der Waals surface area contributed by atoms with Gasteiger partial charge in [0.15, 0.2) is 0 Å². The summed E-state index contributed by atoms with van der Waals surface area (Å²) in [5.74, 6) is 0.0930. The lowest BCUT2D eigenvalue weighted by Gasteiger charge is -2.13. The van der Waals surface area contributed by atoms with Gasteiger partial charge in [-0.05, 0) is 13.0 Å². The van der Waals surface area contributed by atoms with Gasteiger partial charge in [0.2, 0.25) is 0 Å². The van der Waals surface area contributed by atoms with Crippen LogP contribution in [0, 0.1) is 6.92 Å². The van der Waals surface area contributed by atoms with Gasteiger partial charge in [-0.25, -0.2) is 0 Å².